The van der Waals surface area contributed by atoms with Gasteiger partial charge in [-0.15, -0.1) is 0 Å². The van der Waals surface area contributed by atoms with Gasteiger partial charge in [0.05, 0.1) is 6.57 Å². The van der Waals surface area contributed by atoms with Gasteiger partial charge < -0.3 is 14.9 Å². The van der Waals surface area contributed by atoms with Crippen molar-refractivity contribution in [2.24, 2.45) is 0 Å². The largest absolute Gasteiger partial charge is 0.458 e. The van der Waals surface area contributed by atoms with Crippen LogP contribution in [0.4, 0.5) is 36.4 Å². The Morgan fingerprint density at radius 1 is 1.03 bits per heavy atom. The number of alkyl halides is 6. The molecular formula is C18H8F7NO3. The Kier molecular flexibility index (Phi) is 3.63. The second-order valence-corrected chi connectivity index (χ2v) is 6.64. The molecule has 0 saturated carbocycles. The minimum absolute atomic E-state index is 0.252. The van der Waals surface area contributed by atoms with E-state index in [2.05, 4.69) is 4.85 Å². The van der Waals surface area contributed by atoms with Crippen molar-refractivity contribution >= 4 is 5.69 Å². The van der Waals surface area contributed by atoms with E-state index >= 15 is 0 Å². The summed E-state index contributed by atoms with van der Waals surface area (Å²) in [6.45, 7) is 6.86. The highest BCUT2D eigenvalue weighted by atomic mass is 19.3. The maximum Gasteiger partial charge on any atom is 0.352 e. The van der Waals surface area contributed by atoms with Crippen molar-refractivity contribution in [3.8, 4) is 11.5 Å². The third-order valence-electron chi connectivity index (χ3n) is 5.07. The third-order valence-corrected chi connectivity index (χ3v) is 5.07. The zero-order valence-electron chi connectivity index (χ0n) is 13.9. The Morgan fingerprint density at radius 2 is 1.69 bits per heavy atom. The lowest BCUT2D eigenvalue weighted by Gasteiger charge is -2.35. The fraction of sp³-hybridized carbons (Fsp3) is 0.278. The van der Waals surface area contributed by atoms with Crippen LogP contribution in [-0.4, -0.2) is 22.1 Å². The number of hydrogen-bond donors (Lipinski definition) is 2. The minimum atomic E-state index is -5.63. The van der Waals surface area contributed by atoms with Gasteiger partial charge in [0.15, 0.2) is 11.8 Å². The summed E-state index contributed by atoms with van der Waals surface area (Å²) < 4.78 is 105. The molecule has 4 nitrogen and oxygen atoms in total. The lowest BCUT2D eigenvalue weighted by molar-refractivity contribution is -0.351. The molecule has 0 aliphatic heterocycles. The van der Waals surface area contributed by atoms with Crippen LogP contribution >= 0.6 is 0 Å². The van der Waals surface area contributed by atoms with E-state index in [1.54, 1.807) is 0 Å². The maximum absolute atomic E-state index is 14.5. The van der Waals surface area contributed by atoms with Gasteiger partial charge in [-0.2, -0.15) is 26.3 Å². The molecule has 2 atom stereocenters. The second kappa shape index (κ2) is 5.40. The lowest BCUT2D eigenvalue weighted by Crippen LogP contribution is -2.58. The third kappa shape index (κ3) is 2.05. The molecule has 0 spiro atoms. The molecule has 152 valence electrons. The van der Waals surface area contributed by atoms with E-state index < -0.39 is 63.5 Å². The molecule has 0 bridgehead atoms. The average molecular weight is 419 g/mol. The standard InChI is InChI=1S/C18H8F7NO3/c1-26-8-4-7(19)5-9(6-8)29-11-3-2-10-13-12(11)14(27)17(22,23)15(13,28)18(24,25)16(10,20)21/h2-6,14,27-28H. The van der Waals surface area contributed by atoms with Crippen molar-refractivity contribution in [1.82, 2.24) is 0 Å². The van der Waals surface area contributed by atoms with Gasteiger partial charge in [-0.3, -0.25) is 0 Å². The van der Waals surface area contributed by atoms with Crippen LogP contribution < -0.4 is 4.74 Å². The van der Waals surface area contributed by atoms with Crippen LogP contribution in [0.5, 0.6) is 11.5 Å². The van der Waals surface area contributed by atoms with Crippen LogP contribution in [-0.2, 0) is 11.5 Å². The zero-order chi connectivity index (χ0) is 21.6. The summed E-state index contributed by atoms with van der Waals surface area (Å²) >= 11 is 0. The molecule has 2 aliphatic carbocycles. The first kappa shape index (κ1) is 19.5. The fourth-order valence-corrected chi connectivity index (χ4v) is 3.72. The van der Waals surface area contributed by atoms with Crippen LogP contribution in [0.3, 0.4) is 0 Å². The Bertz CT molecular complexity index is 1100. The molecule has 2 unspecified atom stereocenters. The molecular weight excluding hydrogens is 411 g/mol. The van der Waals surface area contributed by atoms with E-state index in [-0.39, 0.29) is 5.69 Å². The summed E-state index contributed by atoms with van der Waals surface area (Å²) in [7, 11) is 0. The van der Waals surface area contributed by atoms with E-state index in [1.165, 1.54) is 0 Å². The normalized spacial score (nSPS) is 27.4. The molecule has 0 aromatic heterocycles. The number of ether oxygens (including phenoxy) is 1. The molecule has 2 N–H and O–H groups in total. The number of aliphatic hydroxyl groups is 2. The predicted octanol–water partition coefficient (Wildman–Crippen LogP) is 4.78. The van der Waals surface area contributed by atoms with E-state index in [4.69, 9.17) is 11.3 Å². The van der Waals surface area contributed by atoms with Crippen molar-refractivity contribution in [3.63, 3.8) is 0 Å². The van der Waals surface area contributed by atoms with Gasteiger partial charge in [0, 0.05) is 22.8 Å². The summed E-state index contributed by atoms with van der Waals surface area (Å²) in [5.74, 6) is -18.0. The predicted molar refractivity (Wildman–Crippen MR) is 81.8 cm³/mol. The van der Waals surface area contributed by atoms with Gasteiger partial charge >= 0.3 is 17.8 Å². The van der Waals surface area contributed by atoms with E-state index in [0.717, 1.165) is 18.2 Å². The highest BCUT2D eigenvalue weighted by Crippen LogP contribution is 2.72. The summed E-state index contributed by atoms with van der Waals surface area (Å²) in [5.41, 5.74) is -9.22. The van der Waals surface area contributed by atoms with Crippen LogP contribution in [0.25, 0.3) is 4.85 Å². The summed E-state index contributed by atoms with van der Waals surface area (Å²) in [5, 5.41) is 20.0. The number of rotatable bonds is 2. The van der Waals surface area contributed by atoms with Gasteiger partial charge in [-0.1, -0.05) is 0 Å². The van der Waals surface area contributed by atoms with Crippen molar-refractivity contribution in [2.45, 2.75) is 29.5 Å². The quantitative estimate of drug-likeness (QED) is 0.544. The van der Waals surface area contributed by atoms with E-state index in [9.17, 15) is 40.9 Å². The number of benzene rings is 2. The molecule has 29 heavy (non-hydrogen) atoms. The molecule has 0 saturated heterocycles. The lowest BCUT2D eigenvalue weighted by atomic mass is 9.91. The molecule has 0 radical (unpaired) electrons. The van der Waals surface area contributed by atoms with Gasteiger partial charge in [0.2, 0.25) is 5.60 Å². The second-order valence-electron chi connectivity index (χ2n) is 6.64. The highest BCUT2D eigenvalue weighted by Gasteiger charge is 2.88. The number of hydrogen-bond acceptors (Lipinski definition) is 3. The van der Waals surface area contributed by atoms with Crippen LogP contribution in [0.2, 0.25) is 0 Å². The number of nitrogens with zero attached hydrogens (tertiary/aromatic N) is 1. The number of halogens is 7. The average Bonchev–Trinajstić information content (AvgIpc) is 2.87. The van der Waals surface area contributed by atoms with Crippen molar-refractivity contribution < 1.29 is 45.7 Å². The Morgan fingerprint density at radius 3 is 2.31 bits per heavy atom. The van der Waals surface area contributed by atoms with Crippen molar-refractivity contribution in [3.05, 3.63) is 64.3 Å². The van der Waals surface area contributed by atoms with E-state index in [0.29, 0.717) is 12.1 Å². The van der Waals surface area contributed by atoms with Gasteiger partial charge in [-0.25, -0.2) is 9.24 Å². The molecule has 2 aromatic carbocycles. The highest BCUT2D eigenvalue weighted by molar-refractivity contribution is 5.63. The maximum atomic E-state index is 14.5. The summed E-state index contributed by atoms with van der Waals surface area (Å²) in [6, 6.07) is 3.51. The summed E-state index contributed by atoms with van der Waals surface area (Å²) in [6.07, 6.45) is -3.10. The van der Waals surface area contributed by atoms with Crippen molar-refractivity contribution in [1.29, 1.82) is 0 Å². The first-order chi connectivity index (χ1) is 13.3. The van der Waals surface area contributed by atoms with Gasteiger partial charge in [-0.05, 0) is 24.3 Å². The van der Waals surface area contributed by atoms with Crippen LogP contribution in [0.15, 0.2) is 30.3 Å². The topological polar surface area (TPSA) is 54.0 Å². The molecule has 0 heterocycles. The Labute approximate surface area is 157 Å². The fourth-order valence-electron chi connectivity index (χ4n) is 3.72. The molecule has 2 aromatic rings. The molecule has 0 fully saturated rings. The molecule has 2 aliphatic rings. The smallest absolute Gasteiger partial charge is 0.352 e. The zero-order valence-corrected chi connectivity index (χ0v) is 13.9. The minimum Gasteiger partial charge on any atom is -0.458 e. The SMILES string of the molecule is [C-]#[N+]c1cc(F)cc(Oc2ccc3c4c2C(O)C(F)(F)C4(O)C(F)(F)C3(F)F)c1. The molecule has 11 heteroatoms. The van der Waals surface area contributed by atoms with Crippen LogP contribution in [0, 0.1) is 12.4 Å². The van der Waals surface area contributed by atoms with E-state index in [1.807, 2.05) is 0 Å². The number of aliphatic hydroxyl groups excluding tert-OH is 1. The van der Waals surface area contributed by atoms with Gasteiger partial charge in [0.25, 0.3) is 0 Å². The Hall–Kier alpha value is -2.84. The molecule has 4 rings (SSSR count). The van der Waals surface area contributed by atoms with Gasteiger partial charge in [0.1, 0.15) is 17.3 Å². The molecule has 0 amide bonds. The monoisotopic (exact) mass is 419 g/mol. The first-order valence-corrected chi connectivity index (χ1v) is 7.88. The Balaban J connectivity index is 1.96. The van der Waals surface area contributed by atoms with Crippen LogP contribution in [0.1, 0.15) is 22.8 Å². The van der Waals surface area contributed by atoms with Crippen molar-refractivity contribution in [2.75, 3.05) is 0 Å². The summed E-state index contributed by atoms with van der Waals surface area (Å²) in [4.78, 5) is 2.95. The first-order valence-electron chi connectivity index (χ1n) is 7.88.